The molecule has 1 saturated heterocycles. The zero-order chi connectivity index (χ0) is 19.3. The van der Waals surface area contributed by atoms with Crippen LogP contribution >= 0.6 is 0 Å². The number of aromatic nitrogens is 6. The minimum atomic E-state index is -1.25. The topological polar surface area (TPSA) is 168 Å². The summed E-state index contributed by atoms with van der Waals surface area (Å²) in [4.78, 5) is 13.1. The summed E-state index contributed by atoms with van der Waals surface area (Å²) in [7, 11) is 0. The quantitative estimate of drug-likeness (QED) is 0.405. The zero-order valence-electron chi connectivity index (χ0n) is 14.8. The van der Waals surface area contributed by atoms with E-state index in [1.807, 2.05) is 13.8 Å². The van der Waals surface area contributed by atoms with E-state index in [4.69, 9.17) is 10.5 Å². The van der Waals surface area contributed by atoms with Crippen molar-refractivity contribution in [3.05, 3.63) is 18.2 Å². The summed E-state index contributed by atoms with van der Waals surface area (Å²) in [5.41, 5.74) is 8.28. The van der Waals surface area contributed by atoms with Crippen LogP contribution in [0.4, 0.5) is 5.82 Å². The number of hydrogen-bond acceptors (Lipinski definition) is 9. The van der Waals surface area contributed by atoms with Crippen LogP contribution in [0.1, 0.15) is 31.7 Å². The molecule has 1 fully saturated rings. The van der Waals surface area contributed by atoms with E-state index in [9.17, 15) is 15.3 Å². The van der Waals surface area contributed by atoms with Gasteiger partial charge in [-0.1, -0.05) is 13.8 Å². The number of aliphatic hydroxyl groups excluding tert-OH is 3. The number of fused-ring (bicyclic) bond motifs is 1. The van der Waals surface area contributed by atoms with E-state index in [-0.39, 0.29) is 11.7 Å². The standard InChI is InChI=1S/C16H21N7O4/c1-6(2)9-7(3-19-22-9)14-20-13(17)10-15(21-14)23(5-18-10)16-12(26)11(25)8(4-24)27-16/h3,5-6,8,11-12,16,24-26H,4H2,1-2H3,(H,19,22)(H2,17,20,21)/t8-,11-,12-,16-/m1/s1. The van der Waals surface area contributed by atoms with E-state index in [0.717, 1.165) is 5.69 Å². The van der Waals surface area contributed by atoms with Gasteiger partial charge in [-0.05, 0) is 5.92 Å². The number of nitrogens with zero attached hydrogens (tertiary/aromatic N) is 5. The van der Waals surface area contributed by atoms with Crippen LogP contribution < -0.4 is 5.73 Å². The van der Waals surface area contributed by atoms with Crippen LogP contribution in [0.15, 0.2) is 12.5 Å². The molecular weight excluding hydrogens is 354 g/mol. The van der Waals surface area contributed by atoms with Gasteiger partial charge in [-0.15, -0.1) is 0 Å². The molecule has 144 valence electrons. The van der Waals surface area contributed by atoms with Crippen LogP contribution in [-0.4, -0.2) is 70.0 Å². The number of ether oxygens (including phenoxy) is 1. The van der Waals surface area contributed by atoms with Gasteiger partial charge in [-0.3, -0.25) is 9.67 Å². The SMILES string of the molecule is CC(C)c1n[nH]cc1-c1nc(N)c2ncn([C@@H]3O[C@H](CO)[C@@H](O)[C@H]3O)c2n1. The normalized spacial score (nSPS) is 25.7. The molecule has 4 atom stereocenters. The average Bonchev–Trinajstić information content (AvgIpc) is 3.34. The molecule has 1 aliphatic heterocycles. The molecule has 0 amide bonds. The fourth-order valence-corrected chi connectivity index (χ4v) is 3.27. The van der Waals surface area contributed by atoms with Crippen LogP contribution in [0.3, 0.4) is 0 Å². The second-order valence-electron chi connectivity index (χ2n) is 6.82. The molecule has 3 aromatic heterocycles. The number of nitrogen functional groups attached to an aromatic ring is 1. The first-order valence-corrected chi connectivity index (χ1v) is 8.59. The van der Waals surface area contributed by atoms with Crippen LogP contribution in [0.25, 0.3) is 22.6 Å². The molecule has 0 bridgehead atoms. The molecule has 0 aromatic carbocycles. The molecule has 0 unspecified atom stereocenters. The molecule has 0 aliphatic carbocycles. The van der Waals surface area contributed by atoms with Gasteiger partial charge >= 0.3 is 0 Å². The van der Waals surface area contributed by atoms with Crippen LogP contribution in [0.5, 0.6) is 0 Å². The van der Waals surface area contributed by atoms with Crippen molar-refractivity contribution in [2.24, 2.45) is 0 Å². The second-order valence-corrected chi connectivity index (χ2v) is 6.82. The summed E-state index contributed by atoms with van der Waals surface area (Å²) in [5, 5.41) is 36.7. The molecule has 6 N–H and O–H groups in total. The Morgan fingerprint density at radius 3 is 2.74 bits per heavy atom. The van der Waals surface area contributed by atoms with Gasteiger partial charge in [0.1, 0.15) is 23.8 Å². The Morgan fingerprint density at radius 1 is 1.30 bits per heavy atom. The third-order valence-corrected chi connectivity index (χ3v) is 4.70. The number of aliphatic hydroxyl groups is 3. The average molecular weight is 375 g/mol. The molecule has 0 spiro atoms. The molecule has 11 heteroatoms. The van der Waals surface area contributed by atoms with E-state index in [2.05, 4.69) is 25.1 Å². The Balaban J connectivity index is 1.83. The van der Waals surface area contributed by atoms with Gasteiger partial charge in [0.25, 0.3) is 0 Å². The lowest BCUT2D eigenvalue weighted by molar-refractivity contribution is -0.0511. The zero-order valence-corrected chi connectivity index (χ0v) is 14.8. The summed E-state index contributed by atoms with van der Waals surface area (Å²) in [6, 6.07) is 0. The van der Waals surface area contributed by atoms with Crippen molar-refractivity contribution in [2.75, 3.05) is 12.3 Å². The maximum Gasteiger partial charge on any atom is 0.168 e. The van der Waals surface area contributed by atoms with E-state index < -0.39 is 31.1 Å². The fourth-order valence-electron chi connectivity index (χ4n) is 3.27. The Bertz CT molecular complexity index is 969. The monoisotopic (exact) mass is 375 g/mol. The number of nitrogens with two attached hydrogens (primary N) is 1. The number of nitrogens with one attached hydrogen (secondary N) is 1. The fraction of sp³-hybridized carbons (Fsp3) is 0.500. The van der Waals surface area contributed by atoms with Gasteiger partial charge in [0.05, 0.1) is 24.2 Å². The van der Waals surface area contributed by atoms with E-state index in [1.54, 1.807) is 6.20 Å². The van der Waals surface area contributed by atoms with E-state index in [0.29, 0.717) is 22.6 Å². The number of rotatable bonds is 4. The van der Waals surface area contributed by atoms with Crippen molar-refractivity contribution in [3.63, 3.8) is 0 Å². The van der Waals surface area contributed by atoms with Gasteiger partial charge in [-0.2, -0.15) is 5.10 Å². The van der Waals surface area contributed by atoms with Crippen molar-refractivity contribution in [1.29, 1.82) is 0 Å². The maximum atomic E-state index is 10.3. The maximum absolute atomic E-state index is 10.3. The third kappa shape index (κ3) is 2.75. The Morgan fingerprint density at radius 2 is 2.07 bits per heavy atom. The van der Waals surface area contributed by atoms with E-state index >= 15 is 0 Å². The van der Waals surface area contributed by atoms with Crippen molar-refractivity contribution in [2.45, 2.75) is 44.3 Å². The predicted molar refractivity (Wildman–Crippen MR) is 94.4 cm³/mol. The first kappa shape index (κ1) is 17.8. The van der Waals surface area contributed by atoms with Crippen molar-refractivity contribution in [3.8, 4) is 11.4 Å². The lowest BCUT2D eigenvalue weighted by atomic mass is 10.1. The highest BCUT2D eigenvalue weighted by Crippen LogP contribution is 2.33. The van der Waals surface area contributed by atoms with Gasteiger partial charge in [0.2, 0.25) is 0 Å². The molecule has 1 aliphatic rings. The van der Waals surface area contributed by atoms with Crippen molar-refractivity contribution in [1.82, 2.24) is 29.7 Å². The second kappa shape index (κ2) is 6.53. The highest BCUT2D eigenvalue weighted by molar-refractivity contribution is 5.84. The molecule has 4 rings (SSSR count). The van der Waals surface area contributed by atoms with Gasteiger partial charge < -0.3 is 25.8 Å². The smallest absolute Gasteiger partial charge is 0.168 e. The van der Waals surface area contributed by atoms with Crippen LogP contribution in [0.2, 0.25) is 0 Å². The van der Waals surface area contributed by atoms with Gasteiger partial charge in [-0.25, -0.2) is 15.0 Å². The molecular formula is C16H21N7O4. The Kier molecular flexibility index (Phi) is 4.30. The van der Waals surface area contributed by atoms with Crippen LogP contribution in [0, 0.1) is 0 Å². The minimum absolute atomic E-state index is 0.150. The summed E-state index contributed by atoms with van der Waals surface area (Å²) < 4.78 is 7.05. The van der Waals surface area contributed by atoms with Crippen molar-refractivity contribution >= 4 is 17.0 Å². The number of aromatic amines is 1. The largest absolute Gasteiger partial charge is 0.394 e. The number of anilines is 1. The summed E-state index contributed by atoms with van der Waals surface area (Å²) >= 11 is 0. The molecule has 27 heavy (non-hydrogen) atoms. The van der Waals surface area contributed by atoms with Crippen molar-refractivity contribution < 1.29 is 20.1 Å². The van der Waals surface area contributed by atoms with Gasteiger partial charge in [0, 0.05) is 6.20 Å². The highest BCUT2D eigenvalue weighted by atomic mass is 16.6. The lowest BCUT2D eigenvalue weighted by Gasteiger charge is -2.16. The number of H-pyrrole nitrogens is 1. The summed E-state index contributed by atoms with van der Waals surface area (Å²) in [6.07, 6.45) is -1.22. The lowest BCUT2D eigenvalue weighted by Crippen LogP contribution is -2.33. The molecule has 0 radical (unpaired) electrons. The Labute approximate surface area is 153 Å². The third-order valence-electron chi connectivity index (χ3n) is 4.70. The summed E-state index contributed by atoms with van der Waals surface area (Å²) in [6.45, 7) is 3.59. The molecule has 3 aromatic rings. The minimum Gasteiger partial charge on any atom is -0.394 e. The molecule has 0 saturated carbocycles. The molecule has 4 heterocycles. The predicted octanol–water partition coefficient (Wildman–Crippen LogP) is -0.467. The van der Waals surface area contributed by atoms with E-state index in [1.165, 1.54) is 10.9 Å². The van der Waals surface area contributed by atoms with Crippen LogP contribution in [-0.2, 0) is 4.74 Å². The number of hydrogen-bond donors (Lipinski definition) is 5. The number of imidazole rings is 1. The highest BCUT2D eigenvalue weighted by Gasteiger charge is 2.44. The first-order chi connectivity index (χ1) is 12.9. The first-order valence-electron chi connectivity index (χ1n) is 8.59. The molecule has 11 nitrogen and oxygen atoms in total. The van der Waals surface area contributed by atoms with Gasteiger partial charge in [0.15, 0.2) is 23.5 Å². The Hall–Kier alpha value is -2.60. The summed E-state index contributed by atoms with van der Waals surface area (Å²) in [5.74, 6) is 0.694.